The number of halogens is 7. The zero-order valence-corrected chi connectivity index (χ0v) is 17.1. The molecule has 0 fully saturated rings. The number of ether oxygens (including phenoxy) is 2. The molecule has 1 unspecified atom stereocenters. The third kappa shape index (κ3) is 6.64. The summed E-state index contributed by atoms with van der Waals surface area (Å²) in [6.07, 6.45) is -9.30. The van der Waals surface area contributed by atoms with Crippen LogP contribution in [-0.2, 0) is 17.5 Å². The molecular weight excluding hydrogens is 458 g/mol. The Morgan fingerprint density at radius 1 is 0.781 bits per heavy atom. The molecule has 0 aliphatic rings. The largest absolute Gasteiger partial charge is 0.457 e. The molecule has 0 spiro atoms. The molecule has 170 valence electrons. The number of rotatable bonds is 7. The first-order valence-corrected chi connectivity index (χ1v) is 9.74. The van der Waals surface area contributed by atoms with Gasteiger partial charge in [-0.3, -0.25) is 0 Å². The summed E-state index contributed by atoms with van der Waals surface area (Å²) in [6, 6.07) is 16.2. The minimum atomic E-state index is -4.68. The van der Waals surface area contributed by atoms with Crippen LogP contribution in [0.3, 0.4) is 0 Å². The van der Waals surface area contributed by atoms with Gasteiger partial charge in [-0.05, 0) is 59.7 Å². The van der Waals surface area contributed by atoms with Crippen molar-refractivity contribution < 1.29 is 35.8 Å². The van der Waals surface area contributed by atoms with Gasteiger partial charge in [0.15, 0.2) is 0 Å². The van der Waals surface area contributed by atoms with Crippen LogP contribution in [0.1, 0.15) is 22.6 Å². The van der Waals surface area contributed by atoms with Crippen molar-refractivity contribution >= 4 is 11.6 Å². The number of alkyl halides is 6. The van der Waals surface area contributed by atoms with E-state index < -0.39 is 30.4 Å². The van der Waals surface area contributed by atoms with E-state index in [9.17, 15) is 26.3 Å². The van der Waals surface area contributed by atoms with Gasteiger partial charge in [-0.2, -0.15) is 26.3 Å². The zero-order chi connectivity index (χ0) is 23.4. The molecular formula is C23H17ClF6O2. The molecule has 3 aromatic carbocycles. The van der Waals surface area contributed by atoms with Crippen LogP contribution in [0, 0.1) is 0 Å². The molecule has 1 atom stereocenters. The summed E-state index contributed by atoms with van der Waals surface area (Å²) in [4.78, 5) is 0. The van der Waals surface area contributed by atoms with Crippen LogP contribution in [0.25, 0.3) is 0 Å². The van der Waals surface area contributed by atoms with Crippen molar-refractivity contribution in [3.05, 3.63) is 94.5 Å². The average molecular weight is 475 g/mol. The maximum atomic E-state index is 13.5. The van der Waals surface area contributed by atoms with Gasteiger partial charge in [0.05, 0.1) is 18.8 Å². The molecule has 0 radical (unpaired) electrons. The molecule has 0 saturated carbocycles. The van der Waals surface area contributed by atoms with Gasteiger partial charge in [0.2, 0.25) is 0 Å². The van der Waals surface area contributed by atoms with Crippen LogP contribution in [0.2, 0.25) is 5.02 Å². The Morgan fingerprint density at radius 3 is 2.03 bits per heavy atom. The fraction of sp³-hybridized carbons (Fsp3) is 0.217. The highest BCUT2D eigenvalue weighted by Crippen LogP contribution is 2.37. The van der Waals surface area contributed by atoms with E-state index >= 15 is 0 Å². The second-order valence-electron chi connectivity index (χ2n) is 6.93. The van der Waals surface area contributed by atoms with Gasteiger partial charge < -0.3 is 9.47 Å². The Hall–Kier alpha value is -2.71. The van der Waals surface area contributed by atoms with Crippen LogP contribution in [0.5, 0.6) is 11.5 Å². The summed E-state index contributed by atoms with van der Waals surface area (Å²) in [7, 11) is 0. The molecule has 0 bridgehead atoms. The molecule has 0 heterocycles. The third-order valence-corrected chi connectivity index (χ3v) is 4.79. The zero-order valence-electron chi connectivity index (χ0n) is 16.4. The number of benzene rings is 3. The maximum Gasteiger partial charge on any atom is 0.416 e. The van der Waals surface area contributed by atoms with Crippen LogP contribution < -0.4 is 4.74 Å². The van der Waals surface area contributed by atoms with E-state index in [1.165, 1.54) is 0 Å². The van der Waals surface area contributed by atoms with Gasteiger partial charge in [0.25, 0.3) is 0 Å². The monoisotopic (exact) mass is 474 g/mol. The molecule has 0 N–H and O–H groups in total. The van der Waals surface area contributed by atoms with E-state index in [1.54, 1.807) is 48.5 Å². The first kappa shape index (κ1) is 23.9. The van der Waals surface area contributed by atoms with Gasteiger partial charge in [0.1, 0.15) is 17.4 Å². The SMILES string of the molecule is FC(F)(F)c1ccc(C(COCc2cccc(Oc3ccc(Cl)cc3)c2)C(F)(F)F)cc1. The minimum absolute atomic E-state index is 0.134. The lowest BCUT2D eigenvalue weighted by Gasteiger charge is -2.21. The fourth-order valence-electron chi connectivity index (χ4n) is 2.92. The lowest BCUT2D eigenvalue weighted by molar-refractivity contribution is -0.163. The Bertz CT molecular complexity index is 1010. The highest BCUT2D eigenvalue weighted by molar-refractivity contribution is 6.30. The second-order valence-corrected chi connectivity index (χ2v) is 7.37. The van der Waals surface area contributed by atoms with Crippen molar-refractivity contribution in [1.29, 1.82) is 0 Å². The summed E-state index contributed by atoms with van der Waals surface area (Å²) in [6.45, 7) is -0.873. The summed E-state index contributed by atoms with van der Waals surface area (Å²) in [5, 5.41) is 0.548. The first-order valence-electron chi connectivity index (χ1n) is 9.36. The maximum absolute atomic E-state index is 13.5. The van der Waals surface area contributed by atoms with E-state index in [0.29, 0.717) is 34.2 Å². The fourth-order valence-corrected chi connectivity index (χ4v) is 3.04. The minimum Gasteiger partial charge on any atom is -0.457 e. The smallest absolute Gasteiger partial charge is 0.416 e. The Morgan fingerprint density at radius 2 is 1.44 bits per heavy atom. The molecule has 3 rings (SSSR count). The molecule has 9 heteroatoms. The molecule has 0 amide bonds. The average Bonchev–Trinajstić information content (AvgIpc) is 2.72. The van der Waals surface area contributed by atoms with E-state index in [1.807, 2.05) is 0 Å². The molecule has 32 heavy (non-hydrogen) atoms. The van der Waals surface area contributed by atoms with E-state index in [-0.39, 0.29) is 12.2 Å². The van der Waals surface area contributed by atoms with Crippen molar-refractivity contribution in [2.24, 2.45) is 0 Å². The number of hydrogen-bond acceptors (Lipinski definition) is 2. The van der Waals surface area contributed by atoms with Crippen molar-refractivity contribution in [1.82, 2.24) is 0 Å². The van der Waals surface area contributed by atoms with Crippen LogP contribution >= 0.6 is 11.6 Å². The van der Waals surface area contributed by atoms with E-state index in [0.717, 1.165) is 12.1 Å². The summed E-state index contributed by atoms with van der Waals surface area (Å²) >= 11 is 5.82. The first-order chi connectivity index (χ1) is 15.0. The van der Waals surface area contributed by atoms with Crippen molar-refractivity contribution in [2.75, 3.05) is 6.61 Å². The molecule has 0 aliphatic carbocycles. The summed E-state index contributed by atoms with van der Waals surface area (Å²) in [5.74, 6) is -1.06. The topological polar surface area (TPSA) is 18.5 Å². The molecule has 0 aliphatic heterocycles. The Balaban J connectivity index is 1.64. The van der Waals surface area contributed by atoms with Crippen LogP contribution in [0.4, 0.5) is 26.3 Å². The van der Waals surface area contributed by atoms with Gasteiger partial charge in [0, 0.05) is 5.02 Å². The third-order valence-electron chi connectivity index (χ3n) is 4.54. The summed E-state index contributed by atoms with van der Waals surface area (Å²) < 4.78 is 89.4. The van der Waals surface area contributed by atoms with Gasteiger partial charge in [-0.1, -0.05) is 35.9 Å². The van der Waals surface area contributed by atoms with Crippen molar-refractivity contribution in [3.63, 3.8) is 0 Å². The van der Waals surface area contributed by atoms with E-state index in [4.69, 9.17) is 21.1 Å². The lowest BCUT2D eigenvalue weighted by Crippen LogP contribution is -2.25. The van der Waals surface area contributed by atoms with Crippen molar-refractivity contribution in [3.8, 4) is 11.5 Å². The molecule has 2 nitrogen and oxygen atoms in total. The predicted octanol–water partition coefficient (Wildman–Crippen LogP) is 8.01. The quantitative estimate of drug-likeness (QED) is 0.323. The highest BCUT2D eigenvalue weighted by atomic mass is 35.5. The van der Waals surface area contributed by atoms with Crippen LogP contribution in [0.15, 0.2) is 72.8 Å². The van der Waals surface area contributed by atoms with Crippen LogP contribution in [-0.4, -0.2) is 12.8 Å². The lowest BCUT2D eigenvalue weighted by atomic mass is 9.98. The molecule has 0 saturated heterocycles. The molecule has 0 aromatic heterocycles. The predicted molar refractivity (Wildman–Crippen MR) is 108 cm³/mol. The summed E-state index contributed by atoms with van der Waals surface area (Å²) in [5.41, 5.74) is -0.740. The highest BCUT2D eigenvalue weighted by Gasteiger charge is 2.41. The molecule has 3 aromatic rings. The van der Waals surface area contributed by atoms with Gasteiger partial charge in [-0.15, -0.1) is 0 Å². The van der Waals surface area contributed by atoms with Crippen molar-refractivity contribution in [2.45, 2.75) is 24.9 Å². The van der Waals surface area contributed by atoms with E-state index in [2.05, 4.69) is 0 Å². The second kappa shape index (κ2) is 9.83. The van der Waals surface area contributed by atoms with Gasteiger partial charge >= 0.3 is 12.4 Å². The Labute approximate surface area is 185 Å². The van der Waals surface area contributed by atoms with Gasteiger partial charge in [-0.25, -0.2) is 0 Å². The standard InChI is InChI=1S/C23H17ClF6O2/c24-18-8-10-19(11-9-18)32-20-3-1-2-15(12-20)13-31-14-21(23(28,29)30)16-4-6-17(7-5-16)22(25,26)27/h1-12,21H,13-14H2. The number of hydrogen-bond donors (Lipinski definition) is 0. The normalized spacial score (nSPS) is 13.1. The Kier molecular flexibility index (Phi) is 7.36.